The van der Waals surface area contributed by atoms with Gasteiger partial charge in [0.05, 0.1) is 0 Å². The van der Waals surface area contributed by atoms with E-state index >= 15 is 0 Å². The zero-order chi connectivity index (χ0) is 13.3. The van der Waals surface area contributed by atoms with Gasteiger partial charge < -0.3 is 15.0 Å². The number of primary amides is 1. The van der Waals surface area contributed by atoms with Crippen molar-refractivity contribution in [2.24, 2.45) is 11.7 Å². The first-order valence-corrected chi connectivity index (χ1v) is 5.20. The normalized spacial score (nSPS) is 23.5. The molecule has 0 saturated heterocycles. The fraction of sp³-hybridized carbons (Fsp3) is 0.667. The van der Waals surface area contributed by atoms with E-state index < -0.39 is 18.1 Å². The Morgan fingerprint density at radius 3 is 2.67 bits per heavy atom. The van der Waals surface area contributed by atoms with Crippen molar-refractivity contribution in [3.05, 3.63) is 11.7 Å². The number of rotatable bonds is 3. The van der Waals surface area contributed by atoms with Crippen LogP contribution in [0.4, 0.5) is 18.0 Å². The van der Waals surface area contributed by atoms with Gasteiger partial charge in [0.15, 0.2) is 0 Å². The number of nitrogens with zero attached hydrogens (tertiary/aromatic N) is 2. The molecule has 1 saturated carbocycles. The molecule has 0 radical (unpaired) electrons. The molecule has 1 heterocycles. The van der Waals surface area contributed by atoms with E-state index in [1.165, 1.54) is 0 Å². The Balaban J connectivity index is 1.82. The average molecular weight is 265 g/mol. The van der Waals surface area contributed by atoms with Gasteiger partial charge in [-0.3, -0.25) is 0 Å². The first-order chi connectivity index (χ1) is 8.34. The molecule has 6 nitrogen and oxygen atoms in total. The highest BCUT2D eigenvalue weighted by atomic mass is 19.4. The SMILES string of the molecule is NC(=O)OC1CC(Cc2nc(C(F)(F)F)no2)C1. The van der Waals surface area contributed by atoms with Gasteiger partial charge >= 0.3 is 12.3 Å². The number of amides is 1. The Bertz CT molecular complexity index is 440. The molecule has 0 aliphatic heterocycles. The van der Waals surface area contributed by atoms with Crippen molar-refractivity contribution in [2.75, 3.05) is 0 Å². The van der Waals surface area contributed by atoms with Crippen molar-refractivity contribution in [2.45, 2.75) is 31.5 Å². The third-order valence-electron chi connectivity index (χ3n) is 2.66. The maximum atomic E-state index is 12.2. The second kappa shape index (κ2) is 4.46. The Hall–Kier alpha value is -1.80. The minimum atomic E-state index is -4.60. The summed E-state index contributed by atoms with van der Waals surface area (Å²) in [6.07, 6.45) is -4.41. The van der Waals surface area contributed by atoms with Gasteiger partial charge in [0, 0.05) is 6.42 Å². The van der Waals surface area contributed by atoms with Gasteiger partial charge in [0.2, 0.25) is 5.89 Å². The molecular formula is C9H10F3N3O3. The molecule has 0 atom stereocenters. The average Bonchev–Trinajstić information content (AvgIpc) is 2.61. The first kappa shape index (κ1) is 12.7. The molecule has 2 rings (SSSR count). The molecule has 1 aliphatic rings. The summed E-state index contributed by atoms with van der Waals surface area (Å²) in [7, 11) is 0. The van der Waals surface area contributed by atoms with Gasteiger partial charge in [-0.15, -0.1) is 0 Å². The lowest BCUT2D eigenvalue weighted by molar-refractivity contribution is -0.146. The van der Waals surface area contributed by atoms with E-state index in [2.05, 4.69) is 14.7 Å². The quantitative estimate of drug-likeness (QED) is 0.894. The smallest absolute Gasteiger partial charge is 0.446 e. The van der Waals surface area contributed by atoms with E-state index in [1.54, 1.807) is 0 Å². The van der Waals surface area contributed by atoms with Crippen LogP contribution in [0.1, 0.15) is 24.6 Å². The van der Waals surface area contributed by atoms with Crippen LogP contribution in [0.2, 0.25) is 0 Å². The fourth-order valence-corrected chi connectivity index (χ4v) is 1.80. The third kappa shape index (κ3) is 2.90. The zero-order valence-corrected chi connectivity index (χ0v) is 9.11. The van der Waals surface area contributed by atoms with Crippen LogP contribution >= 0.6 is 0 Å². The summed E-state index contributed by atoms with van der Waals surface area (Å²) in [5.41, 5.74) is 4.83. The Kier molecular flexibility index (Phi) is 3.14. The van der Waals surface area contributed by atoms with Crippen LogP contribution in [-0.2, 0) is 17.3 Å². The molecule has 0 aromatic carbocycles. The summed E-state index contributed by atoms with van der Waals surface area (Å²) in [6.45, 7) is 0. The number of halogens is 3. The summed E-state index contributed by atoms with van der Waals surface area (Å²) >= 11 is 0. The second-order valence-electron chi connectivity index (χ2n) is 4.11. The van der Waals surface area contributed by atoms with Crippen LogP contribution < -0.4 is 5.73 Å². The van der Waals surface area contributed by atoms with Crippen LogP contribution in [-0.4, -0.2) is 22.3 Å². The third-order valence-corrected chi connectivity index (χ3v) is 2.66. The van der Waals surface area contributed by atoms with Crippen molar-refractivity contribution < 1.29 is 27.2 Å². The number of aromatic nitrogens is 2. The van der Waals surface area contributed by atoms with E-state index in [0.717, 1.165) is 0 Å². The highest BCUT2D eigenvalue weighted by Gasteiger charge is 2.38. The van der Waals surface area contributed by atoms with E-state index in [-0.39, 0.29) is 24.3 Å². The number of carbonyl (C=O) groups is 1. The number of nitrogens with two attached hydrogens (primary N) is 1. The summed E-state index contributed by atoms with van der Waals surface area (Å²) in [5.74, 6) is -1.28. The zero-order valence-electron chi connectivity index (χ0n) is 9.11. The molecule has 1 fully saturated rings. The molecular weight excluding hydrogens is 255 g/mol. The first-order valence-electron chi connectivity index (χ1n) is 5.20. The van der Waals surface area contributed by atoms with Crippen LogP contribution in [0.15, 0.2) is 4.52 Å². The lowest BCUT2D eigenvalue weighted by Crippen LogP contribution is -2.36. The Labute approximate surface area is 99.3 Å². The minimum absolute atomic E-state index is 0.0650. The number of hydrogen-bond acceptors (Lipinski definition) is 5. The molecule has 9 heteroatoms. The molecule has 0 spiro atoms. The monoisotopic (exact) mass is 265 g/mol. The molecule has 0 unspecified atom stereocenters. The van der Waals surface area contributed by atoms with Gasteiger partial charge in [-0.2, -0.15) is 18.2 Å². The summed E-state index contributed by atoms with van der Waals surface area (Å²) in [5, 5.41) is 2.85. The Morgan fingerprint density at radius 1 is 1.50 bits per heavy atom. The molecule has 1 amide bonds. The van der Waals surface area contributed by atoms with Crippen molar-refractivity contribution in [1.29, 1.82) is 0 Å². The largest absolute Gasteiger partial charge is 0.455 e. The molecule has 1 aromatic rings. The number of carbonyl (C=O) groups excluding carboxylic acids is 1. The summed E-state index contributed by atoms with van der Waals surface area (Å²) < 4.78 is 45.8. The van der Waals surface area contributed by atoms with E-state index in [1.807, 2.05) is 0 Å². The summed E-state index contributed by atoms with van der Waals surface area (Å²) in [6, 6.07) is 0. The van der Waals surface area contributed by atoms with E-state index in [4.69, 9.17) is 10.5 Å². The van der Waals surface area contributed by atoms with Crippen molar-refractivity contribution in [1.82, 2.24) is 10.1 Å². The van der Waals surface area contributed by atoms with Gasteiger partial charge in [0.25, 0.3) is 5.82 Å². The number of hydrogen-bond donors (Lipinski definition) is 1. The lowest BCUT2D eigenvalue weighted by atomic mass is 9.80. The van der Waals surface area contributed by atoms with Crippen molar-refractivity contribution in [3.8, 4) is 0 Å². The molecule has 100 valence electrons. The molecule has 0 bridgehead atoms. The fourth-order valence-electron chi connectivity index (χ4n) is 1.80. The van der Waals surface area contributed by atoms with Gasteiger partial charge in [-0.05, 0) is 18.8 Å². The summed E-state index contributed by atoms with van der Waals surface area (Å²) in [4.78, 5) is 13.7. The van der Waals surface area contributed by atoms with Crippen LogP contribution in [0.5, 0.6) is 0 Å². The van der Waals surface area contributed by atoms with Crippen molar-refractivity contribution >= 4 is 6.09 Å². The number of alkyl halides is 3. The van der Waals surface area contributed by atoms with Gasteiger partial charge in [-0.25, -0.2) is 4.79 Å². The van der Waals surface area contributed by atoms with E-state index in [9.17, 15) is 18.0 Å². The van der Waals surface area contributed by atoms with E-state index in [0.29, 0.717) is 12.8 Å². The van der Waals surface area contributed by atoms with Gasteiger partial charge in [-0.1, -0.05) is 5.16 Å². The highest BCUT2D eigenvalue weighted by Crippen LogP contribution is 2.33. The maximum Gasteiger partial charge on any atom is 0.455 e. The highest BCUT2D eigenvalue weighted by molar-refractivity contribution is 5.64. The molecule has 2 N–H and O–H groups in total. The van der Waals surface area contributed by atoms with Gasteiger partial charge in [0.1, 0.15) is 6.10 Å². The lowest BCUT2D eigenvalue weighted by Gasteiger charge is -2.33. The minimum Gasteiger partial charge on any atom is -0.446 e. The number of ether oxygens (including phenoxy) is 1. The Morgan fingerprint density at radius 2 is 2.17 bits per heavy atom. The van der Waals surface area contributed by atoms with Crippen LogP contribution in [0, 0.1) is 5.92 Å². The molecule has 1 aromatic heterocycles. The van der Waals surface area contributed by atoms with Crippen LogP contribution in [0.25, 0.3) is 0 Å². The maximum absolute atomic E-state index is 12.2. The topological polar surface area (TPSA) is 91.2 Å². The standard InChI is InChI=1S/C9H10F3N3O3/c10-9(11,12)7-14-6(18-15-7)3-4-1-5(2-4)17-8(13)16/h4-5H,1-3H2,(H2,13,16). The van der Waals surface area contributed by atoms with Crippen LogP contribution in [0.3, 0.4) is 0 Å². The predicted octanol–water partition coefficient (Wildman–Crippen LogP) is 1.50. The molecule has 1 aliphatic carbocycles. The second-order valence-corrected chi connectivity index (χ2v) is 4.11. The predicted molar refractivity (Wildman–Crippen MR) is 50.2 cm³/mol. The molecule has 18 heavy (non-hydrogen) atoms. The van der Waals surface area contributed by atoms with Crippen molar-refractivity contribution in [3.63, 3.8) is 0 Å².